The summed E-state index contributed by atoms with van der Waals surface area (Å²) in [4.78, 5) is 30.1. The van der Waals surface area contributed by atoms with Crippen molar-refractivity contribution in [2.45, 2.75) is 46.6 Å². The van der Waals surface area contributed by atoms with Gasteiger partial charge < -0.3 is 4.57 Å². The van der Waals surface area contributed by atoms with Gasteiger partial charge in [0.15, 0.2) is 5.78 Å². The summed E-state index contributed by atoms with van der Waals surface area (Å²) in [5.74, 6) is 0.00557. The standard InChI is InChI=1S/C22H22N2O2/c1-4-8-14-15-9-6-7-10-18(15)23-21-17(14)12-24-19(21)11-16(20(25)5-2)13(3)22(24)26/h6-7,9-11H,4-5,8,12H2,1-3H3. The van der Waals surface area contributed by atoms with Crippen LogP contribution in [0.2, 0.25) is 0 Å². The van der Waals surface area contributed by atoms with Gasteiger partial charge in [0, 0.05) is 28.5 Å². The third-order valence-corrected chi connectivity index (χ3v) is 5.33. The third kappa shape index (κ3) is 2.32. The highest BCUT2D eigenvalue weighted by Crippen LogP contribution is 2.36. The van der Waals surface area contributed by atoms with Crippen molar-refractivity contribution < 1.29 is 4.79 Å². The largest absolute Gasteiger partial charge is 0.302 e. The molecule has 0 fully saturated rings. The number of benzene rings is 1. The minimum Gasteiger partial charge on any atom is -0.302 e. The smallest absolute Gasteiger partial charge is 0.255 e. The molecule has 4 rings (SSSR count). The lowest BCUT2D eigenvalue weighted by atomic mass is 9.96. The lowest BCUT2D eigenvalue weighted by molar-refractivity contribution is 0.0987. The quantitative estimate of drug-likeness (QED) is 0.518. The summed E-state index contributed by atoms with van der Waals surface area (Å²) < 4.78 is 1.78. The van der Waals surface area contributed by atoms with E-state index in [2.05, 4.69) is 13.0 Å². The zero-order chi connectivity index (χ0) is 18.4. The molecule has 0 unspecified atom stereocenters. The first-order valence-electron chi connectivity index (χ1n) is 9.25. The lowest BCUT2D eigenvalue weighted by Gasteiger charge is -2.11. The molecule has 132 valence electrons. The predicted octanol–water partition coefficient (Wildman–Crippen LogP) is 4.28. The van der Waals surface area contributed by atoms with E-state index < -0.39 is 0 Å². The van der Waals surface area contributed by atoms with E-state index in [4.69, 9.17) is 4.98 Å². The molecule has 0 aliphatic carbocycles. The predicted molar refractivity (Wildman–Crippen MR) is 104 cm³/mol. The molecule has 0 radical (unpaired) electrons. The zero-order valence-electron chi connectivity index (χ0n) is 15.4. The van der Waals surface area contributed by atoms with E-state index in [1.807, 2.05) is 31.2 Å². The number of aromatic nitrogens is 2. The first-order chi connectivity index (χ1) is 12.6. The number of carbonyl (C=O) groups excluding carboxylic acids is 1. The van der Waals surface area contributed by atoms with E-state index in [1.54, 1.807) is 11.5 Å². The Labute approximate surface area is 152 Å². The Balaban J connectivity index is 2.05. The first kappa shape index (κ1) is 16.7. The van der Waals surface area contributed by atoms with Gasteiger partial charge in [0.2, 0.25) is 0 Å². The molecule has 0 saturated heterocycles. The number of pyridine rings is 2. The van der Waals surface area contributed by atoms with Gasteiger partial charge in [-0.05, 0) is 31.0 Å². The number of hydrogen-bond donors (Lipinski definition) is 0. The Morgan fingerprint density at radius 2 is 2.00 bits per heavy atom. The van der Waals surface area contributed by atoms with Crippen LogP contribution < -0.4 is 5.56 Å². The van der Waals surface area contributed by atoms with Crippen LogP contribution in [0.25, 0.3) is 22.3 Å². The number of para-hydroxylation sites is 1. The fraction of sp³-hybridized carbons (Fsp3) is 0.318. The van der Waals surface area contributed by atoms with Gasteiger partial charge >= 0.3 is 0 Å². The Morgan fingerprint density at radius 3 is 2.73 bits per heavy atom. The van der Waals surface area contributed by atoms with Gasteiger partial charge in [0.05, 0.1) is 23.4 Å². The maximum atomic E-state index is 12.9. The molecule has 4 heteroatoms. The molecule has 3 aromatic rings. The third-order valence-electron chi connectivity index (χ3n) is 5.33. The summed E-state index contributed by atoms with van der Waals surface area (Å²) in [6.45, 7) is 6.28. The minimum absolute atomic E-state index is 0.00557. The van der Waals surface area contributed by atoms with Crippen molar-refractivity contribution in [2.75, 3.05) is 0 Å². The second-order valence-corrected chi connectivity index (χ2v) is 6.92. The molecule has 0 bridgehead atoms. The number of hydrogen-bond acceptors (Lipinski definition) is 3. The molecule has 4 nitrogen and oxygen atoms in total. The number of ketones is 1. The molecular weight excluding hydrogens is 324 g/mol. The molecule has 0 spiro atoms. The second-order valence-electron chi connectivity index (χ2n) is 6.92. The summed E-state index contributed by atoms with van der Waals surface area (Å²) in [6.07, 6.45) is 2.38. The van der Waals surface area contributed by atoms with Crippen LogP contribution in [0.1, 0.15) is 53.7 Å². The van der Waals surface area contributed by atoms with Gasteiger partial charge in [-0.1, -0.05) is 38.5 Å². The van der Waals surface area contributed by atoms with Gasteiger partial charge in [-0.2, -0.15) is 0 Å². The molecule has 0 saturated carbocycles. The number of carbonyl (C=O) groups is 1. The van der Waals surface area contributed by atoms with Crippen LogP contribution in [0, 0.1) is 6.92 Å². The normalized spacial score (nSPS) is 12.3. The van der Waals surface area contributed by atoms with Crippen LogP contribution in [0.5, 0.6) is 0 Å². The average Bonchev–Trinajstić information content (AvgIpc) is 3.02. The highest BCUT2D eigenvalue weighted by atomic mass is 16.1. The van der Waals surface area contributed by atoms with Crippen molar-refractivity contribution in [1.29, 1.82) is 0 Å². The van der Waals surface area contributed by atoms with Crippen LogP contribution >= 0.6 is 0 Å². The summed E-state index contributed by atoms with van der Waals surface area (Å²) in [6, 6.07) is 10.0. The molecule has 3 heterocycles. The van der Waals surface area contributed by atoms with E-state index >= 15 is 0 Å². The van der Waals surface area contributed by atoms with Gasteiger partial charge in [0.1, 0.15) is 0 Å². The highest BCUT2D eigenvalue weighted by Gasteiger charge is 2.27. The fourth-order valence-corrected chi connectivity index (χ4v) is 3.98. The Bertz CT molecular complexity index is 1110. The molecular formula is C22H22N2O2. The van der Waals surface area contributed by atoms with Crippen molar-refractivity contribution in [3.05, 3.63) is 62.9 Å². The summed E-state index contributed by atoms with van der Waals surface area (Å²) in [5.41, 5.74) is 5.97. The summed E-state index contributed by atoms with van der Waals surface area (Å²) in [5, 5.41) is 1.16. The van der Waals surface area contributed by atoms with Crippen LogP contribution in [-0.2, 0) is 13.0 Å². The molecule has 0 N–H and O–H groups in total. The lowest BCUT2D eigenvalue weighted by Crippen LogP contribution is -2.24. The topological polar surface area (TPSA) is 52.0 Å². The van der Waals surface area contributed by atoms with E-state index in [9.17, 15) is 9.59 Å². The van der Waals surface area contributed by atoms with Gasteiger partial charge in [-0.25, -0.2) is 4.98 Å². The van der Waals surface area contributed by atoms with Crippen LogP contribution in [0.15, 0.2) is 35.1 Å². The second kappa shape index (κ2) is 6.20. The van der Waals surface area contributed by atoms with E-state index in [-0.39, 0.29) is 11.3 Å². The molecule has 2 aromatic heterocycles. The zero-order valence-corrected chi connectivity index (χ0v) is 15.4. The molecule has 1 aliphatic rings. The summed E-state index contributed by atoms with van der Waals surface area (Å²) in [7, 11) is 0. The van der Waals surface area contributed by atoms with Crippen molar-refractivity contribution >= 4 is 16.7 Å². The fourth-order valence-electron chi connectivity index (χ4n) is 3.98. The average molecular weight is 346 g/mol. The number of Topliss-reactive ketones (excluding diaryl/α,β-unsaturated/α-hetero) is 1. The summed E-state index contributed by atoms with van der Waals surface area (Å²) >= 11 is 0. The maximum absolute atomic E-state index is 12.9. The Kier molecular flexibility index (Phi) is 3.98. The molecule has 1 aliphatic heterocycles. The van der Waals surface area contributed by atoms with Gasteiger partial charge in [-0.15, -0.1) is 0 Å². The minimum atomic E-state index is -0.0798. The van der Waals surface area contributed by atoms with E-state index in [0.717, 1.165) is 40.7 Å². The van der Waals surface area contributed by atoms with E-state index in [0.29, 0.717) is 24.1 Å². The number of rotatable bonds is 4. The van der Waals surface area contributed by atoms with Crippen molar-refractivity contribution in [3.8, 4) is 11.4 Å². The molecule has 1 aromatic carbocycles. The Hall–Kier alpha value is -2.75. The van der Waals surface area contributed by atoms with Crippen molar-refractivity contribution in [2.24, 2.45) is 0 Å². The van der Waals surface area contributed by atoms with Crippen molar-refractivity contribution in [1.82, 2.24) is 9.55 Å². The van der Waals surface area contributed by atoms with Gasteiger partial charge in [0.25, 0.3) is 5.56 Å². The van der Waals surface area contributed by atoms with Crippen LogP contribution in [0.3, 0.4) is 0 Å². The van der Waals surface area contributed by atoms with Crippen LogP contribution in [0.4, 0.5) is 0 Å². The molecule has 0 atom stereocenters. The Morgan fingerprint density at radius 1 is 1.23 bits per heavy atom. The molecule has 26 heavy (non-hydrogen) atoms. The highest BCUT2D eigenvalue weighted by molar-refractivity contribution is 5.98. The SMILES string of the molecule is CCCc1c2c(nc3ccccc13)-c1cc(C(=O)CC)c(C)c(=O)n1C2. The molecule has 0 amide bonds. The maximum Gasteiger partial charge on any atom is 0.255 e. The van der Waals surface area contributed by atoms with Crippen LogP contribution in [-0.4, -0.2) is 15.3 Å². The monoisotopic (exact) mass is 346 g/mol. The van der Waals surface area contributed by atoms with E-state index in [1.165, 1.54) is 5.56 Å². The van der Waals surface area contributed by atoms with Gasteiger partial charge in [-0.3, -0.25) is 9.59 Å². The number of fused-ring (bicyclic) bond motifs is 4. The first-order valence-corrected chi connectivity index (χ1v) is 9.25. The number of aryl methyl sites for hydroxylation is 1. The van der Waals surface area contributed by atoms with Crippen molar-refractivity contribution in [3.63, 3.8) is 0 Å². The number of nitrogens with zero attached hydrogens (tertiary/aromatic N) is 2.